The Morgan fingerprint density at radius 2 is 2.10 bits per heavy atom. The van der Waals surface area contributed by atoms with Crippen molar-refractivity contribution in [1.29, 1.82) is 0 Å². The molecule has 2 aromatic heterocycles. The Bertz CT molecular complexity index is 751. The lowest BCUT2D eigenvalue weighted by Crippen LogP contribution is -2.28. The zero-order valence-electron chi connectivity index (χ0n) is 11.7. The monoisotopic (exact) mass is 310 g/mol. The predicted octanol–water partition coefficient (Wildman–Crippen LogP) is 3.16. The number of ether oxygens (including phenoxy) is 1. The van der Waals surface area contributed by atoms with Gasteiger partial charge >= 0.3 is 0 Å². The highest BCUT2D eigenvalue weighted by atomic mass is 32.1. The first-order chi connectivity index (χ1) is 9.58. The number of H-pyrrole nitrogens is 1. The van der Waals surface area contributed by atoms with Crippen LogP contribution in [0.1, 0.15) is 23.3 Å². The van der Waals surface area contributed by atoms with Gasteiger partial charge < -0.3 is 9.72 Å². The van der Waals surface area contributed by atoms with E-state index < -0.39 is 0 Å². The molecule has 0 aliphatic carbocycles. The third-order valence-electron chi connectivity index (χ3n) is 4.09. The quantitative estimate of drug-likeness (QED) is 0.867. The molecule has 0 spiro atoms. The van der Waals surface area contributed by atoms with Gasteiger partial charge in [-0.1, -0.05) is 0 Å². The normalized spacial score (nSPS) is 16.9. The molecule has 6 heteroatoms. The van der Waals surface area contributed by atoms with Gasteiger partial charge in [-0.05, 0) is 50.4 Å². The summed E-state index contributed by atoms with van der Waals surface area (Å²) in [6.45, 7) is 6.32. The van der Waals surface area contributed by atoms with Crippen molar-refractivity contribution in [3.05, 3.63) is 25.6 Å². The Balaban J connectivity index is 2.08. The average Bonchev–Trinajstić information content (AvgIpc) is 2.71. The molecule has 2 aromatic rings. The minimum atomic E-state index is 0.0529. The number of hydrogen-bond donors (Lipinski definition) is 1. The molecule has 0 unspecified atom stereocenters. The van der Waals surface area contributed by atoms with Crippen molar-refractivity contribution >= 4 is 33.8 Å². The van der Waals surface area contributed by atoms with E-state index in [2.05, 4.69) is 4.98 Å². The first-order valence-corrected chi connectivity index (χ1v) is 8.11. The van der Waals surface area contributed by atoms with Crippen LogP contribution in [0.5, 0.6) is 0 Å². The molecule has 3 rings (SSSR count). The van der Waals surface area contributed by atoms with Crippen LogP contribution in [-0.2, 0) is 11.3 Å². The fourth-order valence-electron chi connectivity index (χ4n) is 2.72. The highest BCUT2D eigenvalue weighted by Crippen LogP contribution is 2.26. The zero-order chi connectivity index (χ0) is 14.3. The number of rotatable bonds is 2. The van der Waals surface area contributed by atoms with E-state index in [-0.39, 0.29) is 5.56 Å². The van der Waals surface area contributed by atoms with Crippen molar-refractivity contribution in [2.45, 2.75) is 33.2 Å². The summed E-state index contributed by atoms with van der Waals surface area (Å²) in [6, 6.07) is 0. The van der Waals surface area contributed by atoms with Gasteiger partial charge in [0.2, 0.25) is 0 Å². The summed E-state index contributed by atoms with van der Waals surface area (Å²) in [7, 11) is 0. The molecule has 108 valence electrons. The van der Waals surface area contributed by atoms with Crippen LogP contribution in [0.25, 0.3) is 10.2 Å². The highest BCUT2D eigenvalue weighted by molar-refractivity contribution is 7.71. The van der Waals surface area contributed by atoms with E-state index in [1.54, 1.807) is 15.9 Å². The molecule has 1 fully saturated rings. The third-order valence-corrected chi connectivity index (χ3v) is 5.54. The van der Waals surface area contributed by atoms with E-state index in [1.807, 2.05) is 13.8 Å². The predicted molar refractivity (Wildman–Crippen MR) is 84.3 cm³/mol. The van der Waals surface area contributed by atoms with Crippen LogP contribution in [-0.4, -0.2) is 22.8 Å². The van der Waals surface area contributed by atoms with E-state index in [1.165, 1.54) is 4.88 Å². The van der Waals surface area contributed by atoms with Crippen LogP contribution in [0, 0.1) is 24.5 Å². The minimum Gasteiger partial charge on any atom is -0.381 e. The largest absolute Gasteiger partial charge is 0.381 e. The van der Waals surface area contributed by atoms with Gasteiger partial charge in [-0.25, -0.2) is 0 Å². The lowest BCUT2D eigenvalue weighted by atomic mass is 10.0. The number of aromatic amines is 1. The first kappa shape index (κ1) is 14.0. The van der Waals surface area contributed by atoms with Crippen molar-refractivity contribution in [3.63, 3.8) is 0 Å². The van der Waals surface area contributed by atoms with Crippen LogP contribution in [0.3, 0.4) is 0 Å². The van der Waals surface area contributed by atoms with Gasteiger partial charge in [-0.2, -0.15) is 0 Å². The molecule has 0 atom stereocenters. The fourth-order valence-corrected chi connectivity index (χ4v) is 4.09. The van der Waals surface area contributed by atoms with Gasteiger partial charge in [-0.15, -0.1) is 11.3 Å². The molecule has 1 N–H and O–H groups in total. The molecule has 1 aliphatic rings. The standard InChI is InChI=1S/C14H18N2O2S2/c1-8-9(2)20-12-11(8)13(17)16(14(19)15-12)7-10-3-5-18-6-4-10/h10H,3-7H2,1-2H3,(H,15,19). The van der Waals surface area contributed by atoms with Crippen molar-refractivity contribution in [3.8, 4) is 0 Å². The molecular formula is C14H18N2O2S2. The van der Waals surface area contributed by atoms with Crippen LogP contribution >= 0.6 is 23.6 Å². The smallest absolute Gasteiger partial charge is 0.263 e. The van der Waals surface area contributed by atoms with Gasteiger partial charge in [0, 0.05) is 24.6 Å². The van der Waals surface area contributed by atoms with Gasteiger partial charge in [0.15, 0.2) is 4.77 Å². The first-order valence-electron chi connectivity index (χ1n) is 6.88. The number of aryl methyl sites for hydroxylation is 2. The summed E-state index contributed by atoms with van der Waals surface area (Å²) in [5.41, 5.74) is 1.12. The van der Waals surface area contributed by atoms with Crippen LogP contribution in [0.2, 0.25) is 0 Å². The number of nitrogens with one attached hydrogen (secondary N) is 1. The molecule has 1 aliphatic heterocycles. The van der Waals surface area contributed by atoms with E-state index in [9.17, 15) is 4.79 Å². The van der Waals surface area contributed by atoms with Gasteiger partial charge in [0.25, 0.3) is 5.56 Å². The maximum absolute atomic E-state index is 12.7. The molecule has 0 amide bonds. The molecule has 3 heterocycles. The Morgan fingerprint density at radius 3 is 2.80 bits per heavy atom. The highest BCUT2D eigenvalue weighted by Gasteiger charge is 2.18. The van der Waals surface area contributed by atoms with E-state index in [4.69, 9.17) is 17.0 Å². The van der Waals surface area contributed by atoms with Crippen molar-refractivity contribution in [1.82, 2.24) is 9.55 Å². The Hall–Kier alpha value is -0.980. The topological polar surface area (TPSA) is 47.0 Å². The van der Waals surface area contributed by atoms with Gasteiger partial charge in [0.05, 0.1) is 5.39 Å². The Kier molecular flexibility index (Phi) is 3.79. The molecule has 20 heavy (non-hydrogen) atoms. The van der Waals surface area contributed by atoms with Gasteiger partial charge in [-0.3, -0.25) is 9.36 Å². The summed E-state index contributed by atoms with van der Waals surface area (Å²) in [5.74, 6) is 0.481. The SMILES string of the molecule is Cc1sc2[nH]c(=S)n(CC3CCOCC3)c(=O)c2c1C. The minimum absolute atomic E-state index is 0.0529. The second-order valence-electron chi connectivity index (χ2n) is 5.39. The molecule has 0 aromatic carbocycles. The maximum Gasteiger partial charge on any atom is 0.263 e. The van der Waals surface area contributed by atoms with Gasteiger partial charge in [0.1, 0.15) is 4.83 Å². The van der Waals surface area contributed by atoms with Crippen molar-refractivity contribution in [2.24, 2.45) is 5.92 Å². The molecule has 4 nitrogen and oxygen atoms in total. The summed E-state index contributed by atoms with van der Waals surface area (Å²) >= 11 is 6.98. The second kappa shape index (κ2) is 5.42. The number of aromatic nitrogens is 2. The summed E-state index contributed by atoms with van der Waals surface area (Å²) in [5, 5.41) is 0.799. The number of fused-ring (bicyclic) bond motifs is 1. The van der Waals surface area contributed by atoms with Crippen LogP contribution < -0.4 is 5.56 Å². The number of hydrogen-bond acceptors (Lipinski definition) is 4. The average molecular weight is 310 g/mol. The van der Waals surface area contributed by atoms with Crippen molar-refractivity contribution < 1.29 is 4.74 Å². The van der Waals surface area contributed by atoms with Crippen molar-refractivity contribution in [2.75, 3.05) is 13.2 Å². The summed E-state index contributed by atoms with van der Waals surface area (Å²) in [6.07, 6.45) is 2.00. The fraction of sp³-hybridized carbons (Fsp3) is 0.571. The number of nitrogens with zero attached hydrogens (tertiary/aromatic N) is 1. The Labute approximate surface area is 126 Å². The third kappa shape index (κ3) is 2.36. The molecule has 0 radical (unpaired) electrons. The van der Waals surface area contributed by atoms with Crippen LogP contribution in [0.15, 0.2) is 4.79 Å². The van der Waals surface area contributed by atoms with E-state index >= 15 is 0 Å². The van der Waals surface area contributed by atoms with Crippen LogP contribution in [0.4, 0.5) is 0 Å². The maximum atomic E-state index is 12.7. The zero-order valence-corrected chi connectivity index (χ0v) is 13.3. The summed E-state index contributed by atoms with van der Waals surface area (Å²) in [4.78, 5) is 18.0. The van der Waals surface area contributed by atoms with E-state index in [0.29, 0.717) is 17.2 Å². The molecular weight excluding hydrogens is 292 g/mol. The number of thiophene rings is 1. The lowest BCUT2D eigenvalue weighted by Gasteiger charge is -2.22. The Morgan fingerprint density at radius 1 is 1.40 bits per heavy atom. The second-order valence-corrected chi connectivity index (χ2v) is 7.00. The lowest BCUT2D eigenvalue weighted by molar-refractivity contribution is 0.0608. The molecule has 1 saturated heterocycles. The van der Waals surface area contributed by atoms with E-state index in [0.717, 1.165) is 41.8 Å². The molecule has 0 bridgehead atoms. The molecule has 0 saturated carbocycles. The summed E-state index contributed by atoms with van der Waals surface area (Å²) < 4.78 is 7.64.